The van der Waals surface area contributed by atoms with E-state index in [9.17, 15) is 0 Å². The van der Waals surface area contributed by atoms with Gasteiger partial charge in [-0.2, -0.15) is 0 Å². The molecular formula is C21H15Cl2O. The average molecular weight is 354 g/mol. The van der Waals surface area contributed by atoms with E-state index in [0.29, 0.717) is 16.7 Å². The molecule has 0 atom stereocenters. The first-order valence-electron chi connectivity index (χ1n) is 7.53. The van der Waals surface area contributed by atoms with E-state index < -0.39 is 0 Å². The Labute approximate surface area is 152 Å². The lowest BCUT2D eigenvalue weighted by Gasteiger charge is -2.10. The van der Waals surface area contributed by atoms with Gasteiger partial charge in [-0.05, 0) is 65.2 Å². The van der Waals surface area contributed by atoms with Crippen LogP contribution in [-0.4, -0.2) is 6.61 Å². The standard InChI is InChI=1S/C21H15Cl2O/c22-18-10-6-16(7-11-18)21(17-8-12-19(23)13-9-17)14-15-24-20-4-2-1-3-5-20/h2-14H,15H2. The van der Waals surface area contributed by atoms with Crippen LogP contribution >= 0.6 is 23.2 Å². The van der Waals surface area contributed by atoms with Gasteiger partial charge in [-0.1, -0.05) is 59.6 Å². The van der Waals surface area contributed by atoms with Gasteiger partial charge < -0.3 is 4.74 Å². The minimum atomic E-state index is 0.463. The zero-order valence-corrected chi connectivity index (χ0v) is 14.4. The van der Waals surface area contributed by atoms with Crippen LogP contribution in [0.4, 0.5) is 0 Å². The van der Waals surface area contributed by atoms with Crippen LogP contribution in [0.25, 0.3) is 5.57 Å². The normalized spacial score (nSPS) is 10.2. The van der Waals surface area contributed by atoms with Gasteiger partial charge in [0.25, 0.3) is 0 Å². The van der Waals surface area contributed by atoms with Crippen LogP contribution in [0.1, 0.15) is 11.1 Å². The number of ether oxygens (including phenoxy) is 1. The summed E-state index contributed by atoms with van der Waals surface area (Å²) in [6.07, 6.45) is 2.06. The Morgan fingerprint density at radius 1 is 0.792 bits per heavy atom. The lowest BCUT2D eigenvalue weighted by molar-refractivity contribution is 0.363. The molecule has 1 nitrogen and oxygen atoms in total. The second-order valence-corrected chi connectivity index (χ2v) is 6.05. The number of rotatable bonds is 5. The van der Waals surface area contributed by atoms with Crippen LogP contribution in [0.15, 0.2) is 78.9 Å². The maximum absolute atomic E-state index is 6.00. The number of benzene rings is 3. The fourth-order valence-electron chi connectivity index (χ4n) is 2.35. The minimum Gasteiger partial charge on any atom is -0.490 e. The molecule has 0 aromatic heterocycles. The molecule has 0 saturated heterocycles. The van der Waals surface area contributed by atoms with Gasteiger partial charge in [0.15, 0.2) is 0 Å². The van der Waals surface area contributed by atoms with E-state index in [0.717, 1.165) is 22.4 Å². The fourth-order valence-corrected chi connectivity index (χ4v) is 2.60. The second-order valence-electron chi connectivity index (χ2n) is 5.18. The molecule has 0 aliphatic rings. The van der Waals surface area contributed by atoms with Gasteiger partial charge >= 0.3 is 0 Å². The maximum atomic E-state index is 6.00. The van der Waals surface area contributed by atoms with Crippen LogP contribution in [-0.2, 0) is 0 Å². The smallest absolute Gasteiger partial charge is 0.119 e. The summed E-state index contributed by atoms with van der Waals surface area (Å²) in [5.41, 5.74) is 3.23. The summed E-state index contributed by atoms with van der Waals surface area (Å²) in [4.78, 5) is 0. The zero-order valence-electron chi connectivity index (χ0n) is 12.9. The minimum absolute atomic E-state index is 0.463. The largest absolute Gasteiger partial charge is 0.490 e. The van der Waals surface area contributed by atoms with E-state index in [4.69, 9.17) is 27.9 Å². The first-order valence-corrected chi connectivity index (χ1v) is 8.29. The molecule has 3 rings (SSSR count). The van der Waals surface area contributed by atoms with Crippen molar-refractivity contribution in [2.24, 2.45) is 0 Å². The van der Waals surface area contributed by atoms with Crippen molar-refractivity contribution < 1.29 is 4.74 Å². The van der Waals surface area contributed by atoms with E-state index >= 15 is 0 Å². The summed E-state index contributed by atoms with van der Waals surface area (Å²) < 4.78 is 5.78. The van der Waals surface area contributed by atoms with Gasteiger partial charge in [0.2, 0.25) is 0 Å². The van der Waals surface area contributed by atoms with Gasteiger partial charge in [0.1, 0.15) is 12.4 Å². The van der Waals surface area contributed by atoms with Crippen molar-refractivity contribution in [3.63, 3.8) is 0 Å². The highest BCUT2D eigenvalue weighted by Crippen LogP contribution is 2.26. The lowest BCUT2D eigenvalue weighted by atomic mass is 9.98. The van der Waals surface area contributed by atoms with Crippen molar-refractivity contribution in [3.05, 3.63) is 106 Å². The Morgan fingerprint density at radius 3 is 1.79 bits per heavy atom. The molecule has 0 bridgehead atoms. The molecule has 1 radical (unpaired) electrons. The topological polar surface area (TPSA) is 9.23 Å². The van der Waals surface area contributed by atoms with Gasteiger partial charge in [-0.15, -0.1) is 0 Å². The summed E-state index contributed by atoms with van der Waals surface area (Å²) >= 11 is 12.0. The monoisotopic (exact) mass is 353 g/mol. The highest BCUT2D eigenvalue weighted by Gasteiger charge is 2.05. The Hall–Kier alpha value is -2.22. The highest BCUT2D eigenvalue weighted by atomic mass is 35.5. The Kier molecular flexibility index (Phi) is 5.58. The van der Waals surface area contributed by atoms with Crippen LogP contribution in [0.3, 0.4) is 0 Å². The SMILES string of the molecule is Clc1ccc(C(=CCOc2cc[c]cc2)c2ccc(Cl)cc2)cc1. The molecule has 0 spiro atoms. The molecule has 3 aromatic carbocycles. The van der Waals surface area contributed by atoms with Gasteiger partial charge in [0.05, 0.1) is 0 Å². The van der Waals surface area contributed by atoms with E-state index in [-0.39, 0.29) is 0 Å². The Balaban J connectivity index is 1.87. The molecule has 0 fully saturated rings. The van der Waals surface area contributed by atoms with E-state index in [2.05, 4.69) is 12.1 Å². The molecule has 0 aliphatic heterocycles. The summed E-state index contributed by atoms with van der Waals surface area (Å²) in [5.74, 6) is 0.816. The first-order chi connectivity index (χ1) is 11.7. The van der Waals surface area contributed by atoms with Crippen LogP contribution in [0.2, 0.25) is 10.0 Å². The van der Waals surface area contributed by atoms with Gasteiger partial charge in [-0.25, -0.2) is 0 Å². The van der Waals surface area contributed by atoms with Crippen molar-refractivity contribution in [3.8, 4) is 5.75 Å². The lowest BCUT2D eigenvalue weighted by Crippen LogP contribution is -1.96. The summed E-state index contributed by atoms with van der Waals surface area (Å²) in [7, 11) is 0. The van der Waals surface area contributed by atoms with Gasteiger partial charge in [-0.3, -0.25) is 0 Å². The predicted molar refractivity (Wildman–Crippen MR) is 101 cm³/mol. The average Bonchev–Trinajstić information content (AvgIpc) is 2.62. The molecule has 0 heterocycles. The third-order valence-corrected chi connectivity index (χ3v) is 4.04. The summed E-state index contributed by atoms with van der Waals surface area (Å²) in [5, 5.41) is 1.43. The van der Waals surface area contributed by atoms with Crippen LogP contribution in [0.5, 0.6) is 5.75 Å². The van der Waals surface area contributed by atoms with Crippen molar-refractivity contribution in [1.82, 2.24) is 0 Å². The number of hydrogen-bond donors (Lipinski definition) is 0. The number of hydrogen-bond acceptors (Lipinski definition) is 1. The zero-order chi connectivity index (χ0) is 16.8. The third-order valence-electron chi connectivity index (χ3n) is 3.54. The van der Waals surface area contributed by atoms with Crippen molar-refractivity contribution in [2.45, 2.75) is 0 Å². The number of halogens is 2. The molecular weight excluding hydrogens is 339 g/mol. The fraction of sp³-hybridized carbons (Fsp3) is 0.0476. The van der Waals surface area contributed by atoms with Crippen molar-refractivity contribution in [2.75, 3.05) is 6.61 Å². The van der Waals surface area contributed by atoms with Crippen molar-refractivity contribution >= 4 is 28.8 Å². The molecule has 24 heavy (non-hydrogen) atoms. The van der Waals surface area contributed by atoms with Crippen molar-refractivity contribution in [1.29, 1.82) is 0 Å². The third kappa shape index (κ3) is 4.41. The van der Waals surface area contributed by atoms with Gasteiger partial charge in [0, 0.05) is 10.0 Å². The molecule has 119 valence electrons. The predicted octanol–water partition coefficient (Wildman–Crippen LogP) is 6.30. The van der Waals surface area contributed by atoms with Crippen LogP contribution in [0, 0.1) is 6.07 Å². The maximum Gasteiger partial charge on any atom is 0.119 e. The first kappa shape index (κ1) is 16.6. The molecule has 0 unspecified atom stereocenters. The van der Waals surface area contributed by atoms with E-state index in [1.165, 1.54) is 0 Å². The summed E-state index contributed by atoms with van der Waals surface area (Å²) in [6, 6.07) is 25.9. The Morgan fingerprint density at radius 2 is 1.29 bits per heavy atom. The van der Waals surface area contributed by atoms with E-state index in [1.54, 1.807) is 0 Å². The summed E-state index contributed by atoms with van der Waals surface area (Å²) in [6.45, 7) is 0.463. The molecule has 0 saturated carbocycles. The molecule has 0 aliphatic carbocycles. The quantitative estimate of drug-likeness (QED) is 0.522. The molecule has 0 amide bonds. The molecule has 3 heteroatoms. The Bertz CT molecular complexity index is 759. The van der Waals surface area contributed by atoms with Crippen LogP contribution < -0.4 is 4.74 Å². The molecule has 0 N–H and O–H groups in total. The highest BCUT2D eigenvalue weighted by molar-refractivity contribution is 6.31. The molecule has 3 aromatic rings. The second kappa shape index (κ2) is 8.05. The van der Waals surface area contributed by atoms with E-state index in [1.807, 2.05) is 72.8 Å².